The minimum Gasteiger partial charge on any atom is -0.497 e. The highest BCUT2D eigenvalue weighted by Crippen LogP contribution is 2.24. The quantitative estimate of drug-likeness (QED) is 0.854. The third-order valence-corrected chi connectivity index (χ3v) is 3.20. The van der Waals surface area contributed by atoms with E-state index >= 15 is 0 Å². The molecular weight excluding hydrogens is 270 g/mol. The number of aryl methyl sites for hydroxylation is 2. The highest BCUT2D eigenvalue weighted by atomic mass is 16.5. The third-order valence-electron chi connectivity index (χ3n) is 3.20. The summed E-state index contributed by atoms with van der Waals surface area (Å²) in [4.78, 5) is 12.1. The van der Waals surface area contributed by atoms with E-state index in [1.807, 2.05) is 44.4 Å². The Morgan fingerprint density at radius 3 is 2.43 bits per heavy atom. The van der Waals surface area contributed by atoms with Crippen LogP contribution in [0.15, 0.2) is 30.5 Å². The third kappa shape index (κ3) is 3.34. The molecule has 0 radical (unpaired) electrons. The van der Waals surface area contributed by atoms with Crippen LogP contribution in [0, 0.1) is 6.92 Å². The molecule has 0 aliphatic carbocycles. The van der Waals surface area contributed by atoms with Crippen molar-refractivity contribution in [2.75, 3.05) is 19.5 Å². The van der Waals surface area contributed by atoms with Crippen LogP contribution in [-0.2, 0) is 16.6 Å². The van der Waals surface area contributed by atoms with Crippen LogP contribution in [0.1, 0.15) is 17.3 Å². The minimum atomic E-state index is -0.600. The van der Waals surface area contributed by atoms with E-state index in [-0.39, 0.29) is 5.97 Å². The topological polar surface area (TPSA) is 65.4 Å². The van der Waals surface area contributed by atoms with Gasteiger partial charge in [0.25, 0.3) is 0 Å². The Hall–Kier alpha value is -2.50. The summed E-state index contributed by atoms with van der Waals surface area (Å²) in [5.41, 5.74) is 2.38. The van der Waals surface area contributed by atoms with Crippen LogP contribution in [0.3, 0.4) is 0 Å². The highest BCUT2D eigenvalue weighted by molar-refractivity contribution is 5.81. The summed E-state index contributed by atoms with van der Waals surface area (Å²) in [5.74, 6) is 0.398. The van der Waals surface area contributed by atoms with Crippen molar-refractivity contribution in [3.63, 3.8) is 0 Å². The van der Waals surface area contributed by atoms with Gasteiger partial charge in [0.2, 0.25) is 0 Å². The largest absolute Gasteiger partial charge is 0.497 e. The van der Waals surface area contributed by atoms with Gasteiger partial charge in [-0.05, 0) is 31.2 Å². The Bertz CT molecular complexity index is 620. The number of ether oxygens (including phenoxy) is 2. The second-order valence-electron chi connectivity index (χ2n) is 4.67. The van der Waals surface area contributed by atoms with E-state index in [0.717, 1.165) is 22.7 Å². The summed E-state index contributed by atoms with van der Waals surface area (Å²) in [6.45, 7) is 1.86. The number of nitrogens with one attached hydrogen (secondary N) is 1. The number of hydrogen-bond acceptors (Lipinski definition) is 5. The molecule has 1 unspecified atom stereocenters. The molecule has 0 bridgehead atoms. The maximum absolute atomic E-state index is 12.1. The predicted octanol–water partition coefficient (Wildman–Crippen LogP) is 2.06. The first-order valence-electron chi connectivity index (χ1n) is 6.53. The maximum Gasteiger partial charge on any atom is 0.333 e. The molecule has 1 atom stereocenters. The molecule has 1 aromatic carbocycles. The fourth-order valence-electron chi connectivity index (χ4n) is 2.14. The van der Waals surface area contributed by atoms with E-state index in [1.165, 1.54) is 7.11 Å². The molecule has 6 heteroatoms. The molecule has 0 spiro atoms. The zero-order chi connectivity index (χ0) is 15.4. The van der Waals surface area contributed by atoms with Gasteiger partial charge in [-0.25, -0.2) is 4.79 Å². The standard InChI is InChI=1S/C15H19N3O3/c1-10-13(9-18(2)17-10)14(15(19)21-4)16-11-5-7-12(20-3)8-6-11/h5-9,14,16H,1-4H3. The number of nitrogens with zero attached hydrogens (tertiary/aromatic N) is 2. The number of rotatable bonds is 5. The van der Waals surface area contributed by atoms with Gasteiger partial charge in [-0.15, -0.1) is 0 Å². The number of esters is 1. The number of methoxy groups -OCH3 is 2. The van der Waals surface area contributed by atoms with Crippen LogP contribution in [0.2, 0.25) is 0 Å². The molecule has 1 heterocycles. The van der Waals surface area contributed by atoms with E-state index < -0.39 is 6.04 Å². The average Bonchev–Trinajstić information content (AvgIpc) is 2.83. The van der Waals surface area contributed by atoms with E-state index in [0.29, 0.717) is 0 Å². The molecule has 0 amide bonds. The molecule has 0 saturated heterocycles. The second kappa shape index (κ2) is 6.30. The van der Waals surface area contributed by atoms with Crippen molar-refractivity contribution in [3.05, 3.63) is 41.7 Å². The van der Waals surface area contributed by atoms with Crippen molar-refractivity contribution in [1.29, 1.82) is 0 Å². The smallest absolute Gasteiger partial charge is 0.333 e. The van der Waals surface area contributed by atoms with Crippen LogP contribution in [0.25, 0.3) is 0 Å². The number of carbonyl (C=O) groups is 1. The van der Waals surface area contributed by atoms with Crippen LogP contribution >= 0.6 is 0 Å². The highest BCUT2D eigenvalue weighted by Gasteiger charge is 2.25. The molecule has 0 aliphatic rings. The first-order valence-corrected chi connectivity index (χ1v) is 6.53. The van der Waals surface area contributed by atoms with E-state index in [2.05, 4.69) is 10.4 Å². The molecule has 2 aromatic rings. The van der Waals surface area contributed by atoms with Crippen molar-refractivity contribution in [1.82, 2.24) is 9.78 Å². The monoisotopic (exact) mass is 289 g/mol. The lowest BCUT2D eigenvalue weighted by Crippen LogP contribution is -2.22. The molecule has 6 nitrogen and oxygen atoms in total. The number of carbonyl (C=O) groups excluding carboxylic acids is 1. The summed E-state index contributed by atoms with van der Waals surface area (Å²) < 4.78 is 11.7. The Balaban J connectivity index is 2.28. The van der Waals surface area contributed by atoms with Gasteiger partial charge >= 0.3 is 5.97 Å². The zero-order valence-electron chi connectivity index (χ0n) is 12.6. The lowest BCUT2D eigenvalue weighted by atomic mass is 10.1. The van der Waals surface area contributed by atoms with Crippen molar-refractivity contribution in [2.45, 2.75) is 13.0 Å². The fourth-order valence-corrected chi connectivity index (χ4v) is 2.14. The maximum atomic E-state index is 12.1. The van der Waals surface area contributed by atoms with Gasteiger partial charge in [-0.2, -0.15) is 5.10 Å². The number of anilines is 1. The normalized spacial score (nSPS) is 11.8. The van der Waals surface area contributed by atoms with Gasteiger partial charge in [0.05, 0.1) is 19.9 Å². The number of hydrogen-bond donors (Lipinski definition) is 1. The van der Waals surface area contributed by atoms with Gasteiger partial charge in [-0.1, -0.05) is 0 Å². The van der Waals surface area contributed by atoms with Gasteiger partial charge in [0.1, 0.15) is 5.75 Å². The second-order valence-corrected chi connectivity index (χ2v) is 4.67. The summed E-state index contributed by atoms with van der Waals surface area (Å²) in [6, 6.07) is 6.75. The Kier molecular flexibility index (Phi) is 4.47. The molecule has 0 saturated carbocycles. The van der Waals surface area contributed by atoms with E-state index in [1.54, 1.807) is 11.8 Å². The summed E-state index contributed by atoms with van der Waals surface area (Å²) in [7, 11) is 4.80. The van der Waals surface area contributed by atoms with E-state index in [4.69, 9.17) is 9.47 Å². The number of benzene rings is 1. The van der Waals surface area contributed by atoms with Crippen LogP contribution in [0.4, 0.5) is 5.69 Å². The molecule has 0 fully saturated rings. The fraction of sp³-hybridized carbons (Fsp3) is 0.333. The van der Waals surface area contributed by atoms with E-state index in [9.17, 15) is 4.79 Å². The molecule has 2 rings (SSSR count). The molecular formula is C15H19N3O3. The molecule has 112 valence electrons. The molecule has 1 aromatic heterocycles. The van der Waals surface area contributed by atoms with Crippen LogP contribution in [-0.4, -0.2) is 30.0 Å². The lowest BCUT2D eigenvalue weighted by molar-refractivity contribution is -0.141. The Morgan fingerprint density at radius 2 is 1.95 bits per heavy atom. The molecule has 1 N–H and O–H groups in total. The van der Waals surface area contributed by atoms with Gasteiger partial charge in [0, 0.05) is 24.5 Å². The molecule has 0 aliphatic heterocycles. The van der Waals surface area contributed by atoms with Gasteiger partial charge in [0.15, 0.2) is 6.04 Å². The van der Waals surface area contributed by atoms with Crippen molar-refractivity contribution >= 4 is 11.7 Å². The zero-order valence-corrected chi connectivity index (χ0v) is 12.6. The summed E-state index contributed by atoms with van der Waals surface area (Å²) in [5, 5.41) is 7.43. The Morgan fingerprint density at radius 1 is 1.29 bits per heavy atom. The van der Waals surface area contributed by atoms with Gasteiger partial charge in [-0.3, -0.25) is 4.68 Å². The van der Waals surface area contributed by atoms with Crippen LogP contribution in [0.5, 0.6) is 5.75 Å². The SMILES string of the molecule is COC(=O)C(Nc1ccc(OC)cc1)c1cn(C)nc1C. The van der Waals surface area contributed by atoms with Crippen molar-refractivity contribution in [2.24, 2.45) is 7.05 Å². The lowest BCUT2D eigenvalue weighted by Gasteiger charge is -2.17. The Labute approximate surface area is 123 Å². The summed E-state index contributed by atoms with van der Waals surface area (Å²) >= 11 is 0. The first-order chi connectivity index (χ1) is 10.0. The van der Waals surface area contributed by atoms with Gasteiger partial charge < -0.3 is 14.8 Å². The molecule has 21 heavy (non-hydrogen) atoms. The number of aromatic nitrogens is 2. The summed E-state index contributed by atoms with van der Waals surface area (Å²) in [6.07, 6.45) is 1.81. The minimum absolute atomic E-state index is 0.359. The first kappa shape index (κ1) is 14.9. The van der Waals surface area contributed by atoms with Crippen molar-refractivity contribution < 1.29 is 14.3 Å². The predicted molar refractivity (Wildman–Crippen MR) is 79.3 cm³/mol. The van der Waals surface area contributed by atoms with Crippen LogP contribution < -0.4 is 10.1 Å². The average molecular weight is 289 g/mol. The van der Waals surface area contributed by atoms with Crippen molar-refractivity contribution in [3.8, 4) is 5.75 Å².